The Morgan fingerprint density at radius 1 is 0.966 bits per heavy atom. The van der Waals surface area contributed by atoms with Crippen molar-refractivity contribution >= 4 is 41.7 Å². The van der Waals surface area contributed by atoms with Gasteiger partial charge in [0, 0.05) is 30.8 Å². The molecule has 0 spiro atoms. The van der Waals surface area contributed by atoms with Crippen molar-refractivity contribution < 1.29 is 14.2 Å². The first-order chi connectivity index (χ1) is 13.6. The number of methoxy groups -OCH3 is 3. The Bertz CT molecular complexity index is 760. The molecule has 0 heterocycles. The zero-order valence-corrected chi connectivity index (χ0v) is 20.7. The highest BCUT2D eigenvalue weighted by molar-refractivity contribution is 14.0. The smallest absolute Gasteiger partial charge is 0.203 e. The van der Waals surface area contributed by atoms with Crippen molar-refractivity contribution in [1.29, 1.82) is 0 Å². The van der Waals surface area contributed by atoms with E-state index in [1.54, 1.807) is 28.4 Å². The lowest BCUT2D eigenvalue weighted by Crippen LogP contribution is -2.37. The summed E-state index contributed by atoms with van der Waals surface area (Å²) in [4.78, 5) is 5.55. The molecule has 0 saturated carbocycles. The molecule has 0 amide bonds. The van der Waals surface area contributed by atoms with Crippen LogP contribution in [0.1, 0.15) is 11.1 Å². The lowest BCUT2D eigenvalue weighted by Gasteiger charge is -2.16. The highest BCUT2D eigenvalue weighted by Gasteiger charge is 2.13. The van der Waals surface area contributed by atoms with Gasteiger partial charge in [-0.05, 0) is 36.8 Å². The number of rotatable bonds is 9. The van der Waals surface area contributed by atoms with Crippen LogP contribution in [0, 0.1) is 6.92 Å². The summed E-state index contributed by atoms with van der Waals surface area (Å²) in [7, 11) is 6.58. The van der Waals surface area contributed by atoms with Crippen LogP contribution in [-0.4, -0.2) is 46.6 Å². The predicted octanol–water partition coefficient (Wildman–Crippen LogP) is 4.10. The second-order valence-electron chi connectivity index (χ2n) is 6.05. The molecule has 8 heteroatoms. The number of aliphatic imine (C=N–C) groups is 1. The van der Waals surface area contributed by atoms with Crippen molar-refractivity contribution in [2.45, 2.75) is 18.4 Å². The number of hydrogen-bond donors (Lipinski definition) is 2. The Kier molecular flexibility index (Phi) is 11.7. The zero-order chi connectivity index (χ0) is 20.4. The minimum Gasteiger partial charge on any atom is -0.493 e. The molecule has 0 aromatic heterocycles. The number of aryl methyl sites for hydroxylation is 1. The van der Waals surface area contributed by atoms with Crippen LogP contribution in [0.5, 0.6) is 17.2 Å². The maximum Gasteiger partial charge on any atom is 0.203 e. The number of ether oxygens (including phenoxy) is 3. The predicted molar refractivity (Wildman–Crippen MR) is 132 cm³/mol. The fourth-order valence-electron chi connectivity index (χ4n) is 2.62. The lowest BCUT2D eigenvalue weighted by molar-refractivity contribution is 0.323. The van der Waals surface area contributed by atoms with Crippen molar-refractivity contribution in [3.8, 4) is 17.2 Å². The first-order valence-corrected chi connectivity index (χ1v) is 10.0. The van der Waals surface area contributed by atoms with Crippen molar-refractivity contribution in [3.05, 3.63) is 47.5 Å². The summed E-state index contributed by atoms with van der Waals surface area (Å²) < 4.78 is 16.2. The van der Waals surface area contributed by atoms with Crippen LogP contribution in [-0.2, 0) is 6.54 Å². The summed E-state index contributed by atoms with van der Waals surface area (Å²) in [6.45, 7) is 3.49. The van der Waals surface area contributed by atoms with E-state index in [2.05, 4.69) is 46.8 Å². The molecule has 0 aliphatic carbocycles. The Morgan fingerprint density at radius 3 is 2.10 bits per heavy atom. The molecule has 2 N–H and O–H groups in total. The van der Waals surface area contributed by atoms with E-state index in [0.29, 0.717) is 23.8 Å². The standard InChI is InChI=1S/C21H29N3O3S.HI/c1-15-6-8-17(9-7-15)28-11-10-23-21(22-2)24-14-16-12-18(25-3)20(27-5)19(13-16)26-4;/h6-9,12-13H,10-11,14H2,1-5H3,(H2,22,23,24);1H. The van der Waals surface area contributed by atoms with Gasteiger partial charge >= 0.3 is 0 Å². The monoisotopic (exact) mass is 531 g/mol. The topological polar surface area (TPSA) is 64.1 Å². The van der Waals surface area contributed by atoms with E-state index < -0.39 is 0 Å². The molecule has 0 aliphatic heterocycles. The van der Waals surface area contributed by atoms with Gasteiger partial charge in [0.2, 0.25) is 5.75 Å². The molecule has 0 fully saturated rings. The number of halogens is 1. The second kappa shape index (κ2) is 13.4. The van der Waals surface area contributed by atoms with Gasteiger partial charge in [0.05, 0.1) is 21.3 Å². The Labute approximate surface area is 194 Å². The van der Waals surface area contributed by atoms with Crippen molar-refractivity contribution in [3.63, 3.8) is 0 Å². The van der Waals surface area contributed by atoms with Crippen LogP contribution in [0.4, 0.5) is 0 Å². The summed E-state index contributed by atoms with van der Waals surface area (Å²) in [6.07, 6.45) is 0. The number of nitrogens with one attached hydrogen (secondary N) is 2. The van der Waals surface area contributed by atoms with E-state index >= 15 is 0 Å². The molecular formula is C21H30IN3O3S. The van der Waals surface area contributed by atoms with E-state index in [4.69, 9.17) is 14.2 Å². The first kappa shape index (κ1) is 25.2. The van der Waals surface area contributed by atoms with Crippen molar-refractivity contribution in [1.82, 2.24) is 10.6 Å². The van der Waals surface area contributed by atoms with Gasteiger partial charge in [-0.25, -0.2) is 0 Å². The van der Waals surface area contributed by atoms with E-state index in [1.165, 1.54) is 10.5 Å². The Balaban J connectivity index is 0.00000420. The SMILES string of the molecule is CN=C(NCCSc1ccc(C)cc1)NCc1cc(OC)c(OC)c(OC)c1.I. The minimum atomic E-state index is 0. The summed E-state index contributed by atoms with van der Waals surface area (Å²) in [5.41, 5.74) is 2.28. The average molecular weight is 531 g/mol. The first-order valence-electron chi connectivity index (χ1n) is 9.04. The maximum atomic E-state index is 5.40. The van der Waals surface area contributed by atoms with Gasteiger partial charge in [-0.2, -0.15) is 0 Å². The molecule has 0 aliphatic rings. The molecule has 29 heavy (non-hydrogen) atoms. The third kappa shape index (κ3) is 7.85. The zero-order valence-electron chi connectivity index (χ0n) is 17.6. The molecule has 2 aromatic carbocycles. The van der Waals surface area contributed by atoms with Crippen LogP contribution >= 0.6 is 35.7 Å². The van der Waals surface area contributed by atoms with E-state index in [-0.39, 0.29) is 24.0 Å². The molecular weight excluding hydrogens is 501 g/mol. The normalized spacial score (nSPS) is 10.7. The molecule has 2 aromatic rings. The molecule has 0 radical (unpaired) electrons. The summed E-state index contributed by atoms with van der Waals surface area (Å²) in [5.74, 6) is 3.56. The third-order valence-corrected chi connectivity index (χ3v) is 5.11. The summed E-state index contributed by atoms with van der Waals surface area (Å²) in [5, 5.41) is 6.64. The highest BCUT2D eigenvalue weighted by Crippen LogP contribution is 2.38. The van der Waals surface area contributed by atoms with Gasteiger partial charge in [0.25, 0.3) is 0 Å². The van der Waals surface area contributed by atoms with Crippen LogP contribution < -0.4 is 24.8 Å². The van der Waals surface area contributed by atoms with Gasteiger partial charge < -0.3 is 24.8 Å². The average Bonchev–Trinajstić information content (AvgIpc) is 2.73. The molecule has 0 saturated heterocycles. The number of hydrogen-bond acceptors (Lipinski definition) is 5. The maximum absolute atomic E-state index is 5.40. The van der Waals surface area contributed by atoms with Gasteiger partial charge in [0.1, 0.15) is 0 Å². The third-order valence-electron chi connectivity index (χ3n) is 4.09. The molecule has 0 atom stereocenters. The number of nitrogens with zero attached hydrogens (tertiary/aromatic N) is 1. The fourth-order valence-corrected chi connectivity index (χ4v) is 3.39. The van der Waals surface area contributed by atoms with Gasteiger partial charge in [-0.15, -0.1) is 35.7 Å². The largest absolute Gasteiger partial charge is 0.493 e. The minimum absolute atomic E-state index is 0. The van der Waals surface area contributed by atoms with E-state index in [1.807, 2.05) is 23.9 Å². The number of benzene rings is 2. The van der Waals surface area contributed by atoms with Gasteiger partial charge in [-0.3, -0.25) is 4.99 Å². The van der Waals surface area contributed by atoms with Crippen LogP contribution in [0.15, 0.2) is 46.3 Å². The van der Waals surface area contributed by atoms with Gasteiger partial charge in [0.15, 0.2) is 17.5 Å². The Morgan fingerprint density at radius 2 is 1.59 bits per heavy atom. The quantitative estimate of drug-likeness (QED) is 0.167. The highest BCUT2D eigenvalue weighted by atomic mass is 127. The van der Waals surface area contributed by atoms with E-state index in [0.717, 1.165) is 23.8 Å². The molecule has 6 nitrogen and oxygen atoms in total. The summed E-state index contributed by atoms with van der Waals surface area (Å²) >= 11 is 1.82. The lowest BCUT2D eigenvalue weighted by atomic mass is 10.2. The van der Waals surface area contributed by atoms with E-state index in [9.17, 15) is 0 Å². The van der Waals surface area contributed by atoms with Crippen molar-refractivity contribution in [2.75, 3.05) is 40.7 Å². The molecule has 160 valence electrons. The molecule has 0 unspecified atom stereocenters. The Hall–Kier alpha value is -1.81. The second-order valence-corrected chi connectivity index (χ2v) is 7.22. The van der Waals surface area contributed by atoms with Crippen LogP contribution in [0.25, 0.3) is 0 Å². The van der Waals surface area contributed by atoms with Crippen LogP contribution in [0.3, 0.4) is 0 Å². The van der Waals surface area contributed by atoms with Crippen molar-refractivity contribution in [2.24, 2.45) is 4.99 Å². The number of thioether (sulfide) groups is 1. The fraction of sp³-hybridized carbons (Fsp3) is 0.381. The molecule has 2 rings (SSSR count). The van der Waals surface area contributed by atoms with Gasteiger partial charge in [-0.1, -0.05) is 17.7 Å². The molecule has 0 bridgehead atoms. The van der Waals surface area contributed by atoms with Crippen LogP contribution in [0.2, 0.25) is 0 Å². The number of guanidine groups is 1. The summed E-state index contributed by atoms with van der Waals surface area (Å²) in [6, 6.07) is 12.4.